The minimum atomic E-state index is -0.816. The molecule has 0 radical (unpaired) electrons. The van der Waals surface area contributed by atoms with Crippen molar-refractivity contribution in [3.05, 3.63) is 0 Å². The number of morpholine rings is 1. The minimum Gasteiger partial charge on any atom is -0.375 e. The van der Waals surface area contributed by atoms with Crippen molar-refractivity contribution in [1.82, 2.24) is 4.90 Å². The molecule has 0 aromatic rings. The molecule has 1 aliphatic carbocycles. The lowest BCUT2D eigenvalue weighted by atomic mass is 9.84. The van der Waals surface area contributed by atoms with Crippen LogP contribution in [0, 0.1) is 0 Å². The highest BCUT2D eigenvalue weighted by Crippen LogP contribution is 2.37. The fraction of sp³-hybridized carbons (Fsp3) is 0.917. The average Bonchev–Trinajstić information content (AvgIpc) is 2.26. The number of rotatable bonds is 3. The first kappa shape index (κ1) is 13.8. The normalized spacial score (nSPS) is 29.8. The van der Waals surface area contributed by atoms with Crippen LogP contribution in [0.25, 0.3) is 0 Å². The van der Waals surface area contributed by atoms with Gasteiger partial charge in [0.05, 0.1) is 24.0 Å². The molecule has 1 heterocycles. The van der Waals surface area contributed by atoms with Crippen LogP contribution in [0.4, 0.5) is 0 Å². The lowest BCUT2D eigenvalue weighted by Gasteiger charge is -2.39. The zero-order chi connectivity index (χ0) is 13.2. The topological polar surface area (TPSA) is 67.9 Å². The molecule has 6 heteroatoms. The Morgan fingerprint density at radius 2 is 2.33 bits per heavy atom. The third kappa shape index (κ3) is 2.85. The maximum atomic E-state index is 11.8. The zero-order valence-corrected chi connectivity index (χ0v) is 12.0. The van der Waals surface area contributed by atoms with Gasteiger partial charge in [-0.3, -0.25) is 9.20 Å². The summed E-state index contributed by atoms with van der Waals surface area (Å²) in [6, 6.07) is 0. The molecule has 2 N–H and O–H groups in total. The summed E-state index contributed by atoms with van der Waals surface area (Å²) in [6.07, 6.45) is 5.15. The van der Waals surface area contributed by atoms with Crippen LogP contribution < -0.4 is 5.73 Å². The molecule has 1 saturated heterocycles. The first-order valence-corrected chi connectivity index (χ1v) is 8.09. The molecule has 1 aliphatic heterocycles. The maximum absolute atomic E-state index is 11.8. The molecule has 2 aliphatic rings. The van der Waals surface area contributed by atoms with E-state index in [4.69, 9.17) is 10.5 Å². The van der Waals surface area contributed by atoms with E-state index >= 15 is 0 Å². The largest absolute Gasteiger partial charge is 0.375 e. The fourth-order valence-corrected chi connectivity index (χ4v) is 3.57. The first-order chi connectivity index (χ1) is 8.53. The van der Waals surface area contributed by atoms with Crippen LogP contribution in [0.5, 0.6) is 0 Å². The van der Waals surface area contributed by atoms with Crippen LogP contribution >= 0.6 is 0 Å². The number of hydrogen-bond donors (Lipinski definition) is 1. The van der Waals surface area contributed by atoms with E-state index in [1.54, 1.807) is 6.26 Å². The van der Waals surface area contributed by atoms with Crippen LogP contribution in [0.15, 0.2) is 4.99 Å². The number of nitrogens with two attached hydrogens (primary N) is 1. The summed E-state index contributed by atoms with van der Waals surface area (Å²) in [5.74, 6) is 0.571. The molecule has 0 bridgehead atoms. The molecule has 2 fully saturated rings. The molecule has 0 amide bonds. The zero-order valence-electron chi connectivity index (χ0n) is 11.2. The molecule has 104 valence electrons. The minimum absolute atomic E-state index is 0.109. The van der Waals surface area contributed by atoms with E-state index < -0.39 is 10.8 Å². The van der Waals surface area contributed by atoms with Crippen molar-refractivity contribution < 1.29 is 8.95 Å². The second-order valence-corrected chi connectivity index (χ2v) is 7.07. The van der Waals surface area contributed by atoms with E-state index in [1.807, 2.05) is 6.92 Å². The number of aliphatic imine (C=N–C) groups is 1. The highest BCUT2D eigenvalue weighted by atomic mass is 32.2. The molecule has 1 saturated carbocycles. The van der Waals surface area contributed by atoms with Gasteiger partial charge in [-0.05, 0) is 19.8 Å². The second kappa shape index (κ2) is 5.57. The smallest absolute Gasteiger partial charge is 0.191 e. The Morgan fingerprint density at radius 3 is 2.83 bits per heavy atom. The van der Waals surface area contributed by atoms with Crippen molar-refractivity contribution in [2.24, 2.45) is 10.7 Å². The van der Waals surface area contributed by atoms with Crippen LogP contribution in [-0.4, -0.2) is 58.4 Å². The lowest BCUT2D eigenvalue weighted by Crippen LogP contribution is -2.49. The Hall–Kier alpha value is -0.620. The molecule has 0 aromatic heterocycles. The predicted octanol–water partition coefficient (Wildman–Crippen LogP) is 0.323. The van der Waals surface area contributed by atoms with E-state index in [-0.39, 0.29) is 10.9 Å². The Balaban J connectivity index is 1.94. The highest BCUT2D eigenvalue weighted by Gasteiger charge is 2.40. The molecule has 2 atom stereocenters. The molecule has 5 nitrogen and oxygen atoms in total. The van der Waals surface area contributed by atoms with Gasteiger partial charge in [0, 0.05) is 30.1 Å². The molecule has 0 spiro atoms. The van der Waals surface area contributed by atoms with Crippen LogP contribution in [-0.2, 0) is 15.5 Å². The van der Waals surface area contributed by atoms with Crippen molar-refractivity contribution in [3.63, 3.8) is 0 Å². The summed E-state index contributed by atoms with van der Waals surface area (Å²) in [6.45, 7) is 4.91. The Morgan fingerprint density at radius 1 is 1.61 bits per heavy atom. The molecule has 18 heavy (non-hydrogen) atoms. The van der Waals surface area contributed by atoms with Gasteiger partial charge in [0.15, 0.2) is 5.96 Å². The van der Waals surface area contributed by atoms with E-state index in [0.29, 0.717) is 19.1 Å². The SMILES string of the molecule is CC1CN(C(N)=NCC2(S(C)=O)CCC2)CCO1. The van der Waals surface area contributed by atoms with Gasteiger partial charge in [0.1, 0.15) is 0 Å². The monoisotopic (exact) mass is 273 g/mol. The maximum Gasteiger partial charge on any atom is 0.191 e. The Labute approximate surface area is 111 Å². The summed E-state index contributed by atoms with van der Waals surface area (Å²) in [4.78, 5) is 6.52. The quantitative estimate of drug-likeness (QED) is 0.594. The summed E-state index contributed by atoms with van der Waals surface area (Å²) in [7, 11) is -0.816. The number of hydrogen-bond acceptors (Lipinski definition) is 3. The Kier molecular flexibility index (Phi) is 4.27. The standard InChI is InChI=1S/C12H23N3O2S/c1-10-8-15(6-7-17-10)11(13)14-9-12(18(2)16)4-3-5-12/h10H,3-9H2,1-2H3,(H2,13,14). The number of nitrogens with zero attached hydrogens (tertiary/aromatic N) is 2. The third-order valence-electron chi connectivity index (χ3n) is 3.97. The van der Waals surface area contributed by atoms with Gasteiger partial charge in [-0.25, -0.2) is 0 Å². The summed E-state index contributed by atoms with van der Waals surface area (Å²) in [5.41, 5.74) is 6.02. The third-order valence-corrected chi connectivity index (χ3v) is 5.73. The van der Waals surface area contributed by atoms with Crippen molar-refractivity contribution in [2.75, 3.05) is 32.5 Å². The van der Waals surface area contributed by atoms with Gasteiger partial charge in [0.25, 0.3) is 0 Å². The fourth-order valence-electron chi connectivity index (χ4n) is 2.46. The molecule has 2 unspecified atom stereocenters. The first-order valence-electron chi connectivity index (χ1n) is 6.53. The number of guanidine groups is 1. The molecular weight excluding hydrogens is 250 g/mol. The van der Waals surface area contributed by atoms with Crippen molar-refractivity contribution in [3.8, 4) is 0 Å². The van der Waals surface area contributed by atoms with E-state index in [1.165, 1.54) is 0 Å². The van der Waals surface area contributed by atoms with Crippen LogP contribution in [0.2, 0.25) is 0 Å². The van der Waals surface area contributed by atoms with E-state index in [2.05, 4.69) is 9.89 Å². The Bertz CT molecular complexity index is 355. The average molecular weight is 273 g/mol. The van der Waals surface area contributed by atoms with Gasteiger partial charge < -0.3 is 15.4 Å². The van der Waals surface area contributed by atoms with Crippen molar-refractivity contribution >= 4 is 16.8 Å². The van der Waals surface area contributed by atoms with Gasteiger partial charge in [0.2, 0.25) is 0 Å². The summed E-state index contributed by atoms with van der Waals surface area (Å²) in [5, 5.41) is 0. The van der Waals surface area contributed by atoms with Crippen molar-refractivity contribution in [1.29, 1.82) is 0 Å². The number of ether oxygens (including phenoxy) is 1. The molecular formula is C12H23N3O2S. The van der Waals surface area contributed by atoms with E-state index in [0.717, 1.165) is 32.4 Å². The molecule has 2 rings (SSSR count). The van der Waals surface area contributed by atoms with E-state index in [9.17, 15) is 4.21 Å². The summed E-state index contributed by atoms with van der Waals surface area (Å²) >= 11 is 0. The van der Waals surface area contributed by atoms with Gasteiger partial charge in [-0.2, -0.15) is 0 Å². The summed E-state index contributed by atoms with van der Waals surface area (Å²) < 4.78 is 17.1. The predicted molar refractivity (Wildman–Crippen MR) is 74.1 cm³/mol. The molecule has 0 aromatic carbocycles. The van der Waals surface area contributed by atoms with Gasteiger partial charge in [-0.15, -0.1) is 0 Å². The lowest BCUT2D eigenvalue weighted by molar-refractivity contribution is 0.00527. The van der Waals surface area contributed by atoms with Gasteiger partial charge in [-0.1, -0.05) is 6.42 Å². The van der Waals surface area contributed by atoms with Crippen LogP contribution in [0.1, 0.15) is 26.2 Å². The highest BCUT2D eigenvalue weighted by molar-refractivity contribution is 7.85. The van der Waals surface area contributed by atoms with Crippen molar-refractivity contribution in [2.45, 2.75) is 37.0 Å². The second-order valence-electron chi connectivity index (χ2n) is 5.29. The van der Waals surface area contributed by atoms with Crippen LogP contribution in [0.3, 0.4) is 0 Å². The van der Waals surface area contributed by atoms with Gasteiger partial charge >= 0.3 is 0 Å².